The zero-order valence-electron chi connectivity index (χ0n) is 5.73. The molecule has 9 heavy (non-hydrogen) atoms. The Balaban J connectivity index is 2.64. The van der Waals surface area contributed by atoms with Crippen molar-refractivity contribution in [2.24, 2.45) is 0 Å². The molecule has 0 fully saturated rings. The topological polar surface area (TPSA) is 9.23 Å². The minimum absolute atomic E-state index is 0.0330. The van der Waals surface area contributed by atoms with Crippen molar-refractivity contribution < 1.29 is 4.74 Å². The molecule has 0 aromatic rings. The van der Waals surface area contributed by atoms with Gasteiger partial charge >= 0.3 is 0 Å². The first-order valence-electron chi connectivity index (χ1n) is 3.10. The van der Waals surface area contributed by atoms with Crippen LogP contribution in [0.4, 0.5) is 0 Å². The molecule has 2 heteroatoms. The maximum absolute atomic E-state index is 5.35. The summed E-state index contributed by atoms with van der Waals surface area (Å²) in [5.41, 5.74) is -0.0330. The second kappa shape index (κ2) is 2.33. The third-order valence-electron chi connectivity index (χ3n) is 1.57. The number of allylic oxidation sites excluding steroid dienone is 1. The number of hydrogen-bond acceptors (Lipinski definition) is 1. The zero-order valence-corrected chi connectivity index (χ0v) is 7.31. The van der Waals surface area contributed by atoms with Gasteiger partial charge in [-0.15, -0.1) is 0 Å². The highest BCUT2D eigenvalue weighted by atomic mass is 79.9. The number of hydrogen-bond donors (Lipinski definition) is 0. The highest BCUT2D eigenvalue weighted by Gasteiger charge is 2.29. The fourth-order valence-corrected chi connectivity index (χ4v) is 1.08. The van der Waals surface area contributed by atoms with Crippen LogP contribution >= 0.6 is 15.9 Å². The van der Waals surface area contributed by atoms with E-state index in [0.717, 1.165) is 6.42 Å². The Hall–Kier alpha value is 0.0200. The second-order valence-corrected chi connectivity index (χ2v) is 3.90. The molecule has 0 spiro atoms. The third-order valence-corrected chi connectivity index (χ3v) is 3.04. The van der Waals surface area contributed by atoms with Gasteiger partial charge in [-0.3, -0.25) is 0 Å². The van der Waals surface area contributed by atoms with Crippen molar-refractivity contribution in [1.82, 2.24) is 0 Å². The van der Waals surface area contributed by atoms with Crippen LogP contribution in [-0.2, 0) is 4.74 Å². The third kappa shape index (κ3) is 1.48. The van der Waals surface area contributed by atoms with E-state index in [2.05, 4.69) is 29.8 Å². The fourth-order valence-electron chi connectivity index (χ4n) is 0.756. The standard InChI is InChI=1S/C7H11BrO/c1-7(2)6(8)4-3-5-9-7/h3,5-6H,4H2,1-2H3. The second-order valence-electron chi connectivity index (χ2n) is 2.80. The molecule has 0 N–H and O–H groups in total. The largest absolute Gasteiger partial charge is 0.495 e. The monoisotopic (exact) mass is 190 g/mol. The van der Waals surface area contributed by atoms with E-state index in [4.69, 9.17) is 4.74 Å². The molecule has 0 aliphatic carbocycles. The van der Waals surface area contributed by atoms with Gasteiger partial charge in [0.1, 0.15) is 5.60 Å². The maximum atomic E-state index is 5.35. The first kappa shape index (κ1) is 7.13. The summed E-state index contributed by atoms with van der Waals surface area (Å²) in [7, 11) is 0. The molecule has 0 amide bonds. The van der Waals surface area contributed by atoms with Gasteiger partial charge < -0.3 is 4.74 Å². The number of rotatable bonds is 0. The van der Waals surface area contributed by atoms with Gasteiger partial charge in [0, 0.05) is 0 Å². The van der Waals surface area contributed by atoms with Crippen molar-refractivity contribution in [2.45, 2.75) is 30.7 Å². The van der Waals surface area contributed by atoms with Crippen LogP contribution in [0.15, 0.2) is 12.3 Å². The van der Waals surface area contributed by atoms with Gasteiger partial charge in [0.2, 0.25) is 0 Å². The lowest BCUT2D eigenvalue weighted by molar-refractivity contribution is 0.0475. The summed E-state index contributed by atoms with van der Waals surface area (Å²) in [5.74, 6) is 0. The molecule has 0 saturated carbocycles. The van der Waals surface area contributed by atoms with Crippen molar-refractivity contribution >= 4 is 15.9 Å². The average Bonchev–Trinajstić information content (AvgIpc) is 1.77. The fraction of sp³-hybridized carbons (Fsp3) is 0.714. The lowest BCUT2D eigenvalue weighted by atomic mass is 10.0. The summed E-state index contributed by atoms with van der Waals surface area (Å²) in [6.07, 6.45) is 4.87. The predicted octanol–water partition coefficient (Wildman–Crippen LogP) is 2.46. The highest BCUT2D eigenvalue weighted by molar-refractivity contribution is 9.09. The summed E-state index contributed by atoms with van der Waals surface area (Å²) < 4.78 is 5.35. The van der Waals surface area contributed by atoms with Gasteiger partial charge in [-0.2, -0.15) is 0 Å². The van der Waals surface area contributed by atoms with E-state index in [1.54, 1.807) is 6.26 Å². The molecule has 1 aliphatic heterocycles. The lowest BCUT2D eigenvalue weighted by Crippen LogP contribution is -2.35. The molecule has 0 aromatic heterocycles. The van der Waals surface area contributed by atoms with Crippen LogP contribution in [0.5, 0.6) is 0 Å². The van der Waals surface area contributed by atoms with Crippen LogP contribution in [-0.4, -0.2) is 10.4 Å². The summed E-state index contributed by atoms with van der Waals surface area (Å²) >= 11 is 3.53. The van der Waals surface area contributed by atoms with Gasteiger partial charge in [0.25, 0.3) is 0 Å². The van der Waals surface area contributed by atoms with E-state index in [0.29, 0.717) is 4.83 Å². The van der Waals surface area contributed by atoms with Crippen LogP contribution in [0.25, 0.3) is 0 Å². The van der Waals surface area contributed by atoms with E-state index in [9.17, 15) is 0 Å². The molecule has 0 radical (unpaired) electrons. The first-order valence-corrected chi connectivity index (χ1v) is 4.01. The maximum Gasteiger partial charge on any atom is 0.115 e. The average molecular weight is 191 g/mol. The van der Waals surface area contributed by atoms with Crippen molar-refractivity contribution in [3.8, 4) is 0 Å². The van der Waals surface area contributed by atoms with Crippen molar-refractivity contribution in [3.05, 3.63) is 12.3 Å². The van der Waals surface area contributed by atoms with Crippen molar-refractivity contribution in [2.75, 3.05) is 0 Å². The molecular weight excluding hydrogens is 180 g/mol. The molecule has 1 atom stereocenters. The van der Waals surface area contributed by atoms with Gasteiger partial charge in [0.15, 0.2) is 0 Å². The predicted molar refractivity (Wildman–Crippen MR) is 41.6 cm³/mol. The molecular formula is C7H11BrO. The summed E-state index contributed by atoms with van der Waals surface area (Å²) in [6.45, 7) is 4.16. The Morgan fingerprint density at radius 2 is 2.33 bits per heavy atom. The highest BCUT2D eigenvalue weighted by Crippen LogP contribution is 2.28. The quantitative estimate of drug-likeness (QED) is 0.534. The first-order chi connectivity index (χ1) is 4.13. The normalized spacial score (nSPS) is 31.7. The molecule has 1 nitrogen and oxygen atoms in total. The van der Waals surface area contributed by atoms with Crippen LogP contribution in [0.3, 0.4) is 0 Å². The molecule has 1 unspecified atom stereocenters. The smallest absolute Gasteiger partial charge is 0.115 e. The van der Waals surface area contributed by atoms with Gasteiger partial charge in [-0.1, -0.05) is 15.9 Å². The molecule has 52 valence electrons. The lowest BCUT2D eigenvalue weighted by Gasteiger charge is -2.31. The Morgan fingerprint density at radius 3 is 2.67 bits per heavy atom. The van der Waals surface area contributed by atoms with E-state index >= 15 is 0 Å². The number of ether oxygens (including phenoxy) is 1. The van der Waals surface area contributed by atoms with Crippen LogP contribution < -0.4 is 0 Å². The van der Waals surface area contributed by atoms with Crippen LogP contribution in [0, 0.1) is 0 Å². The Bertz CT molecular complexity index is 129. The molecule has 1 heterocycles. The molecule has 0 bridgehead atoms. The summed E-state index contributed by atoms with van der Waals surface area (Å²) in [5, 5.41) is 0. The van der Waals surface area contributed by atoms with Crippen LogP contribution in [0.2, 0.25) is 0 Å². The Kier molecular flexibility index (Phi) is 1.85. The van der Waals surface area contributed by atoms with Gasteiger partial charge in [0.05, 0.1) is 11.1 Å². The minimum Gasteiger partial charge on any atom is -0.495 e. The van der Waals surface area contributed by atoms with E-state index < -0.39 is 0 Å². The zero-order chi connectivity index (χ0) is 6.91. The summed E-state index contributed by atoms with van der Waals surface area (Å²) in [4.78, 5) is 0.454. The van der Waals surface area contributed by atoms with Gasteiger partial charge in [-0.05, 0) is 26.3 Å². The molecule has 1 aliphatic rings. The minimum atomic E-state index is -0.0330. The molecule has 0 saturated heterocycles. The number of halogens is 1. The van der Waals surface area contributed by atoms with Crippen molar-refractivity contribution in [3.63, 3.8) is 0 Å². The molecule has 0 aromatic carbocycles. The summed E-state index contributed by atoms with van der Waals surface area (Å²) in [6, 6.07) is 0. The van der Waals surface area contributed by atoms with Crippen LogP contribution in [0.1, 0.15) is 20.3 Å². The Morgan fingerprint density at radius 1 is 1.67 bits per heavy atom. The SMILES string of the molecule is CC1(C)OC=CCC1Br. The van der Waals surface area contributed by atoms with Crippen molar-refractivity contribution in [1.29, 1.82) is 0 Å². The van der Waals surface area contributed by atoms with E-state index in [-0.39, 0.29) is 5.60 Å². The number of alkyl halides is 1. The van der Waals surface area contributed by atoms with Gasteiger partial charge in [-0.25, -0.2) is 0 Å². The molecule has 1 rings (SSSR count). The van der Waals surface area contributed by atoms with E-state index in [1.807, 2.05) is 6.08 Å². The van der Waals surface area contributed by atoms with E-state index in [1.165, 1.54) is 0 Å². The Labute approximate surface area is 64.2 Å².